The average Bonchev–Trinajstić information content (AvgIpc) is 2.87. The van der Waals surface area contributed by atoms with E-state index < -0.39 is 116 Å². The Morgan fingerprint density at radius 3 is 1.25 bits per heavy atom. The third-order valence-electron chi connectivity index (χ3n) is 5.89. The Labute approximate surface area is 251 Å². The van der Waals surface area contributed by atoms with Crippen molar-refractivity contribution in [2.75, 3.05) is 13.2 Å². The molecule has 10 atom stereocenters. The maximum atomic E-state index is 12.2. The van der Waals surface area contributed by atoms with Gasteiger partial charge in [-0.1, -0.05) is 0 Å². The SMILES string of the molecule is CC(=O)OC[C@H]1O[C@H](OC(C)=O)[C@H](O[C@@H]2O[C@H](COC(C)=O)[C@@H](OC(C)=O)[C@H](OC(C)=O)[C@H]2O)[C@@H](OC(C)=O)[C@@H]1OC(C)=O. The summed E-state index contributed by atoms with van der Waals surface area (Å²) in [5.74, 6) is -5.95. The molecule has 18 nitrogen and oxygen atoms in total. The first-order valence-corrected chi connectivity index (χ1v) is 13.3. The predicted octanol–water partition coefficient (Wildman–Crippen LogP) is -1.40. The van der Waals surface area contributed by atoms with Crippen LogP contribution in [-0.2, 0) is 80.9 Å². The van der Waals surface area contributed by atoms with Crippen LogP contribution in [-0.4, -0.2) is 122 Å². The fraction of sp³-hybridized carbons (Fsp3) is 0.731. The van der Waals surface area contributed by atoms with Crippen LogP contribution in [0.25, 0.3) is 0 Å². The number of carbonyl (C=O) groups is 7. The summed E-state index contributed by atoms with van der Waals surface area (Å²) in [5, 5.41) is 11.2. The second-order valence-electron chi connectivity index (χ2n) is 9.69. The van der Waals surface area contributed by atoms with Crippen molar-refractivity contribution < 1.29 is 86.0 Å². The number of aliphatic hydroxyl groups excluding tert-OH is 1. The van der Waals surface area contributed by atoms with Crippen LogP contribution in [0, 0.1) is 0 Å². The highest BCUT2D eigenvalue weighted by molar-refractivity contribution is 5.69. The first-order chi connectivity index (χ1) is 20.5. The summed E-state index contributed by atoms with van der Waals surface area (Å²) in [6.45, 7) is 6.19. The van der Waals surface area contributed by atoms with Crippen molar-refractivity contribution >= 4 is 41.8 Å². The number of esters is 7. The molecule has 2 aliphatic heterocycles. The Bertz CT molecular complexity index is 1090. The maximum Gasteiger partial charge on any atom is 0.305 e. The van der Waals surface area contributed by atoms with Gasteiger partial charge >= 0.3 is 41.8 Å². The highest BCUT2D eigenvalue weighted by atomic mass is 16.8. The molecule has 18 heteroatoms. The van der Waals surface area contributed by atoms with Gasteiger partial charge in [0.15, 0.2) is 36.8 Å². The van der Waals surface area contributed by atoms with E-state index >= 15 is 0 Å². The van der Waals surface area contributed by atoms with E-state index in [1.54, 1.807) is 0 Å². The normalized spacial score (nSPS) is 31.5. The molecule has 1 N–H and O–H groups in total. The highest BCUT2D eigenvalue weighted by Gasteiger charge is 2.57. The standard InChI is InChI=1S/C26H36O18/c1-10(27)35-8-17-20(37-12(3)29)22(39-14(5)31)19(34)25(42-17)44-24-23(40-15(6)32)21(38-13(4)30)18(9-36-11(2)28)43-26(24)41-16(7)33/h17-26,34H,8-9H2,1-7H3/t17-,18-,19-,20-,21-,22-,23+,24-,25+,26+/m1/s1. The molecule has 0 spiro atoms. The summed E-state index contributed by atoms with van der Waals surface area (Å²) in [6.07, 6.45) is -16.3. The zero-order valence-corrected chi connectivity index (χ0v) is 25.1. The second kappa shape index (κ2) is 16.3. The molecule has 0 unspecified atom stereocenters. The van der Waals surface area contributed by atoms with Crippen LogP contribution in [0.2, 0.25) is 0 Å². The average molecular weight is 637 g/mol. The van der Waals surface area contributed by atoms with E-state index in [1.165, 1.54) is 0 Å². The zero-order valence-electron chi connectivity index (χ0n) is 25.1. The van der Waals surface area contributed by atoms with Gasteiger partial charge in [0.2, 0.25) is 6.29 Å². The summed E-state index contributed by atoms with van der Waals surface area (Å²) in [6, 6.07) is 0. The minimum absolute atomic E-state index is 0.541. The Kier molecular flexibility index (Phi) is 13.4. The molecule has 0 aromatic carbocycles. The van der Waals surface area contributed by atoms with Gasteiger partial charge in [0, 0.05) is 48.5 Å². The van der Waals surface area contributed by atoms with Gasteiger partial charge in [0.1, 0.15) is 31.5 Å². The minimum Gasteiger partial charge on any atom is -0.463 e. The molecule has 0 radical (unpaired) electrons. The first kappa shape index (κ1) is 36.3. The largest absolute Gasteiger partial charge is 0.463 e. The molecule has 0 amide bonds. The molecular weight excluding hydrogens is 600 g/mol. The fourth-order valence-electron chi connectivity index (χ4n) is 4.43. The molecule has 2 heterocycles. The Balaban J connectivity index is 2.58. The van der Waals surface area contributed by atoms with E-state index in [0.29, 0.717) is 0 Å². The molecule has 2 aliphatic rings. The Hall–Kier alpha value is -3.87. The van der Waals surface area contributed by atoms with Gasteiger partial charge in [-0.2, -0.15) is 0 Å². The second-order valence-corrected chi connectivity index (χ2v) is 9.69. The number of ether oxygens (including phenoxy) is 10. The smallest absolute Gasteiger partial charge is 0.305 e. The van der Waals surface area contributed by atoms with Gasteiger partial charge in [-0.3, -0.25) is 33.6 Å². The Morgan fingerprint density at radius 2 is 0.841 bits per heavy atom. The van der Waals surface area contributed by atoms with Crippen LogP contribution in [0.1, 0.15) is 48.5 Å². The van der Waals surface area contributed by atoms with Gasteiger partial charge < -0.3 is 52.5 Å². The van der Waals surface area contributed by atoms with E-state index in [0.717, 1.165) is 48.5 Å². The predicted molar refractivity (Wildman–Crippen MR) is 135 cm³/mol. The first-order valence-electron chi connectivity index (χ1n) is 13.3. The molecule has 0 saturated carbocycles. The monoisotopic (exact) mass is 636 g/mol. The number of hydrogen-bond acceptors (Lipinski definition) is 18. The molecule has 44 heavy (non-hydrogen) atoms. The van der Waals surface area contributed by atoms with Crippen molar-refractivity contribution in [1.82, 2.24) is 0 Å². The zero-order chi connectivity index (χ0) is 33.3. The number of carbonyl (C=O) groups excluding carboxylic acids is 7. The van der Waals surface area contributed by atoms with Crippen LogP contribution in [0.5, 0.6) is 0 Å². The summed E-state index contributed by atoms with van der Waals surface area (Å²) in [7, 11) is 0. The summed E-state index contributed by atoms with van der Waals surface area (Å²) in [4.78, 5) is 83.1. The molecule has 248 valence electrons. The molecule has 0 aromatic heterocycles. The van der Waals surface area contributed by atoms with Crippen LogP contribution in [0.15, 0.2) is 0 Å². The maximum absolute atomic E-state index is 12.2. The Morgan fingerprint density at radius 1 is 0.477 bits per heavy atom. The number of hydrogen-bond donors (Lipinski definition) is 1. The third kappa shape index (κ3) is 10.7. The quantitative estimate of drug-likeness (QED) is 0.203. The van der Waals surface area contributed by atoms with Crippen LogP contribution in [0.4, 0.5) is 0 Å². The third-order valence-corrected chi connectivity index (χ3v) is 5.89. The van der Waals surface area contributed by atoms with Crippen molar-refractivity contribution in [2.45, 2.75) is 110 Å². The van der Waals surface area contributed by atoms with Crippen molar-refractivity contribution in [2.24, 2.45) is 0 Å². The van der Waals surface area contributed by atoms with E-state index in [1.807, 2.05) is 0 Å². The van der Waals surface area contributed by atoms with Gasteiger partial charge in [0.05, 0.1) is 0 Å². The van der Waals surface area contributed by atoms with Crippen LogP contribution in [0.3, 0.4) is 0 Å². The van der Waals surface area contributed by atoms with Crippen molar-refractivity contribution in [3.8, 4) is 0 Å². The molecule has 2 rings (SSSR count). The molecule has 2 saturated heterocycles. The van der Waals surface area contributed by atoms with Gasteiger partial charge in [-0.05, 0) is 0 Å². The molecule has 0 aromatic rings. The fourth-order valence-corrected chi connectivity index (χ4v) is 4.43. The van der Waals surface area contributed by atoms with Gasteiger partial charge in [-0.25, -0.2) is 0 Å². The lowest BCUT2D eigenvalue weighted by Gasteiger charge is -2.47. The van der Waals surface area contributed by atoms with Gasteiger partial charge in [-0.15, -0.1) is 0 Å². The van der Waals surface area contributed by atoms with Crippen molar-refractivity contribution in [3.05, 3.63) is 0 Å². The lowest BCUT2D eigenvalue weighted by molar-refractivity contribution is -0.363. The van der Waals surface area contributed by atoms with E-state index in [-0.39, 0.29) is 0 Å². The minimum atomic E-state index is -1.93. The van der Waals surface area contributed by atoms with Crippen LogP contribution >= 0.6 is 0 Å². The highest BCUT2D eigenvalue weighted by Crippen LogP contribution is 2.34. The van der Waals surface area contributed by atoms with E-state index in [4.69, 9.17) is 47.4 Å². The van der Waals surface area contributed by atoms with E-state index in [9.17, 15) is 38.7 Å². The summed E-state index contributed by atoms with van der Waals surface area (Å²) in [5.41, 5.74) is 0. The molecule has 2 fully saturated rings. The topological polar surface area (TPSA) is 232 Å². The van der Waals surface area contributed by atoms with Crippen LogP contribution < -0.4 is 0 Å². The van der Waals surface area contributed by atoms with Gasteiger partial charge in [0.25, 0.3) is 0 Å². The summed E-state index contributed by atoms with van der Waals surface area (Å²) >= 11 is 0. The lowest BCUT2D eigenvalue weighted by Crippen LogP contribution is -2.66. The number of aliphatic hydroxyl groups is 1. The summed E-state index contributed by atoms with van der Waals surface area (Å²) < 4.78 is 53.8. The van der Waals surface area contributed by atoms with Crippen molar-refractivity contribution in [1.29, 1.82) is 0 Å². The molecular formula is C26H36O18. The molecule has 0 bridgehead atoms. The lowest BCUT2D eigenvalue weighted by atomic mass is 9.96. The molecule has 0 aliphatic carbocycles. The van der Waals surface area contributed by atoms with Crippen molar-refractivity contribution in [3.63, 3.8) is 0 Å². The van der Waals surface area contributed by atoms with E-state index in [2.05, 4.69) is 0 Å². The number of rotatable bonds is 11.